The Hall–Kier alpha value is -3.79. The van der Waals surface area contributed by atoms with Gasteiger partial charge in [0.2, 0.25) is 5.95 Å². The topological polar surface area (TPSA) is 67.7 Å². The highest BCUT2D eigenvalue weighted by molar-refractivity contribution is 5.65. The normalized spacial score (nSPS) is 14.7. The number of nitrogens with zero attached hydrogens (tertiary/aromatic N) is 4. The SMILES string of the molecule is Fc1ccc(-c2ncc(-c3ccnc(Nc4cccc(C(F)(F)F)c4)n3)n2C2CCNCC2)cc1. The van der Waals surface area contributed by atoms with Crippen LogP contribution in [0, 0.1) is 5.82 Å². The minimum Gasteiger partial charge on any atom is -0.324 e. The van der Waals surface area contributed by atoms with E-state index in [1.54, 1.807) is 30.6 Å². The maximum Gasteiger partial charge on any atom is 0.416 e. The van der Waals surface area contributed by atoms with E-state index < -0.39 is 11.7 Å². The Morgan fingerprint density at radius 2 is 1.74 bits per heavy atom. The van der Waals surface area contributed by atoms with Gasteiger partial charge in [0, 0.05) is 23.5 Å². The first kappa shape index (κ1) is 23.0. The first-order chi connectivity index (χ1) is 16.9. The van der Waals surface area contributed by atoms with Crippen LogP contribution in [0.15, 0.2) is 67.0 Å². The van der Waals surface area contributed by atoms with Crippen molar-refractivity contribution in [1.82, 2.24) is 24.8 Å². The van der Waals surface area contributed by atoms with Crippen molar-refractivity contribution >= 4 is 11.6 Å². The predicted molar refractivity (Wildman–Crippen MR) is 125 cm³/mol. The lowest BCUT2D eigenvalue weighted by Gasteiger charge is -2.27. The summed E-state index contributed by atoms with van der Waals surface area (Å²) >= 11 is 0. The maximum absolute atomic E-state index is 13.5. The lowest BCUT2D eigenvalue weighted by molar-refractivity contribution is -0.137. The molecule has 1 aliphatic heterocycles. The Balaban J connectivity index is 1.51. The number of alkyl halides is 3. The summed E-state index contributed by atoms with van der Waals surface area (Å²) < 4.78 is 54.9. The van der Waals surface area contributed by atoms with Gasteiger partial charge in [-0.1, -0.05) is 6.07 Å². The van der Waals surface area contributed by atoms with Gasteiger partial charge in [0.05, 0.1) is 23.1 Å². The second-order valence-corrected chi connectivity index (χ2v) is 8.29. The first-order valence-electron chi connectivity index (χ1n) is 11.2. The Bertz CT molecular complexity index is 1310. The molecule has 0 bridgehead atoms. The number of anilines is 2. The van der Waals surface area contributed by atoms with E-state index in [9.17, 15) is 17.6 Å². The number of hydrogen-bond donors (Lipinski definition) is 2. The molecule has 2 aromatic heterocycles. The minimum atomic E-state index is -4.45. The number of rotatable bonds is 5. The quantitative estimate of drug-likeness (QED) is 0.350. The van der Waals surface area contributed by atoms with E-state index in [2.05, 4.69) is 30.2 Å². The molecule has 10 heteroatoms. The Morgan fingerprint density at radius 1 is 0.971 bits per heavy atom. The summed E-state index contributed by atoms with van der Waals surface area (Å²) in [5.41, 5.74) is 1.59. The zero-order valence-electron chi connectivity index (χ0n) is 18.6. The van der Waals surface area contributed by atoms with E-state index in [-0.39, 0.29) is 23.5 Å². The Morgan fingerprint density at radius 3 is 2.49 bits per heavy atom. The van der Waals surface area contributed by atoms with Crippen LogP contribution in [0.5, 0.6) is 0 Å². The predicted octanol–water partition coefficient (Wildman–Crippen LogP) is 5.83. The van der Waals surface area contributed by atoms with Gasteiger partial charge in [0.1, 0.15) is 11.6 Å². The fourth-order valence-corrected chi connectivity index (χ4v) is 4.26. The molecule has 6 nitrogen and oxygen atoms in total. The van der Waals surface area contributed by atoms with E-state index in [0.717, 1.165) is 49.3 Å². The highest BCUT2D eigenvalue weighted by Gasteiger charge is 2.30. The zero-order chi connectivity index (χ0) is 24.4. The molecular weight excluding hydrogens is 460 g/mol. The molecule has 2 N–H and O–H groups in total. The summed E-state index contributed by atoms with van der Waals surface area (Å²) in [4.78, 5) is 13.4. The van der Waals surface area contributed by atoms with Gasteiger partial charge in [-0.25, -0.2) is 19.3 Å². The van der Waals surface area contributed by atoms with Gasteiger partial charge in [-0.2, -0.15) is 13.2 Å². The average molecular weight is 482 g/mol. The van der Waals surface area contributed by atoms with Crippen LogP contribution in [0.25, 0.3) is 22.8 Å². The molecule has 1 saturated heterocycles. The van der Waals surface area contributed by atoms with Crippen LogP contribution in [0.1, 0.15) is 24.4 Å². The van der Waals surface area contributed by atoms with E-state index >= 15 is 0 Å². The van der Waals surface area contributed by atoms with Crippen LogP contribution in [-0.2, 0) is 6.18 Å². The standard InChI is InChI=1S/C25H22F4N6/c26-18-6-4-16(5-7-18)23-32-15-22(35(23)20-8-11-30-12-9-20)21-10-13-31-24(34-21)33-19-3-1-2-17(14-19)25(27,28)29/h1-7,10,13-15,20,30H,8-9,11-12H2,(H,31,33,34). The number of hydrogen-bond acceptors (Lipinski definition) is 5. The third-order valence-corrected chi connectivity index (χ3v) is 5.94. The number of piperidine rings is 1. The number of imidazole rings is 1. The van der Waals surface area contributed by atoms with Crippen molar-refractivity contribution in [3.05, 3.63) is 78.4 Å². The molecule has 180 valence electrons. The van der Waals surface area contributed by atoms with Gasteiger partial charge in [-0.15, -0.1) is 0 Å². The van der Waals surface area contributed by atoms with Crippen molar-refractivity contribution in [1.29, 1.82) is 0 Å². The van der Waals surface area contributed by atoms with Crippen LogP contribution in [0.2, 0.25) is 0 Å². The minimum absolute atomic E-state index is 0.156. The molecule has 0 radical (unpaired) electrons. The van der Waals surface area contributed by atoms with Crippen molar-refractivity contribution in [3.8, 4) is 22.8 Å². The summed E-state index contributed by atoms with van der Waals surface area (Å²) in [6, 6.07) is 13.0. The van der Waals surface area contributed by atoms with Crippen molar-refractivity contribution in [2.45, 2.75) is 25.1 Å². The first-order valence-corrected chi connectivity index (χ1v) is 11.2. The third-order valence-electron chi connectivity index (χ3n) is 5.94. The summed E-state index contributed by atoms with van der Waals surface area (Å²) in [5, 5.41) is 6.22. The van der Waals surface area contributed by atoms with Gasteiger partial charge in [0.25, 0.3) is 0 Å². The second-order valence-electron chi connectivity index (χ2n) is 8.29. The summed E-state index contributed by atoms with van der Waals surface area (Å²) in [5.74, 6) is 0.552. The maximum atomic E-state index is 13.5. The van der Waals surface area contributed by atoms with Crippen molar-refractivity contribution < 1.29 is 17.6 Å². The third kappa shape index (κ3) is 5.02. The molecule has 0 aliphatic carbocycles. The fraction of sp³-hybridized carbons (Fsp3) is 0.240. The monoisotopic (exact) mass is 482 g/mol. The number of nitrogens with one attached hydrogen (secondary N) is 2. The summed E-state index contributed by atoms with van der Waals surface area (Å²) in [6.07, 6.45) is 0.598. The van der Waals surface area contributed by atoms with Gasteiger partial charge in [-0.05, 0) is 74.5 Å². The van der Waals surface area contributed by atoms with Crippen molar-refractivity contribution in [2.75, 3.05) is 18.4 Å². The number of aromatic nitrogens is 4. The molecule has 3 heterocycles. The molecule has 0 spiro atoms. The Labute approximate surface area is 199 Å². The van der Waals surface area contributed by atoms with Crippen LogP contribution < -0.4 is 10.6 Å². The molecule has 4 aromatic rings. The molecular formula is C25H22F4N6. The average Bonchev–Trinajstić information content (AvgIpc) is 3.30. The van der Waals surface area contributed by atoms with Crippen LogP contribution in [-0.4, -0.2) is 32.6 Å². The van der Waals surface area contributed by atoms with Gasteiger partial charge in [-0.3, -0.25) is 0 Å². The molecule has 2 aromatic carbocycles. The molecule has 0 saturated carbocycles. The lowest BCUT2D eigenvalue weighted by Crippen LogP contribution is -2.30. The van der Waals surface area contributed by atoms with Crippen LogP contribution in [0.3, 0.4) is 0 Å². The molecule has 1 fully saturated rings. The van der Waals surface area contributed by atoms with Crippen molar-refractivity contribution in [2.24, 2.45) is 0 Å². The molecule has 0 unspecified atom stereocenters. The number of benzene rings is 2. The van der Waals surface area contributed by atoms with E-state index in [1.165, 1.54) is 24.3 Å². The summed E-state index contributed by atoms with van der Waals surface area (Å²) in [7, 11) is 0. The Kier molecular flexibility index (Phi) is 6.21. The largest absolute Gasteiger partial charge is 0.416 e. The summed E-state index contributed by atoms with van der Waals surface area (Å²) in [6.45, 7) is 1.72. The molecule has 0 amide bonds. The smallest absolute Gasteiger partial charge is 0.324 e. The van der Waals surface area contributed by atoms with Crippen molar-refractivity contribution in [3.63, 3.8) is 0 Å². The van der Waals surface area contributed by atoms with E-state index in [0.29, 0.717) is 11.5 Å². The van der Waals surface area contributed by atoms with E-state index in [1.807, 2.05) is 0 Å². The van der Waals surface area contributed by atoms with Gasteiger partial charge in [0.15, 0.2) is 0 Å². The van der Waals surface area contributed by atoms with Gasteiger partial charge >= 0.3 is 6.18 Å². The van der Waals surface area contributed by atoms with Crippen LogP contribution >= 0.6 is 0 Å². The lowest BCUT2D eigenvalue weighted by atomic mass is 10.0. The molecule has 1 aliphatic rings. The zero-order valence-corrected chi connectivity index (χ0v) is 18.6. The number of halogens is 4. The molecule has 5 rings (SSSR count). The fourth-order valence-electron chi connectivity index (χ4n) is 4.26. The van der Waals surface area contributed by atoms with E-state index in [4.69, 9.17) is 0 Å². The van der Waals surface area contributed by atoms with Gasteiger partial charge < -0.3 is 15.2 Å². The molecule has 0 atom stereocenters. The highest BCUT2D eigenvalue weighted by atomic mass is 19.4. The van der Waals surface area contributed by atoms with Crippen LogP contribution in [0.4, 0.5) is 29.2 Å². The highest BCUT2D eigenvalue weighted by Crippen LogP contribution is 2.34. The second kappa shape index (κ2) is 9.46. The molecule has 35 heavy (non-hydrogen) atoms.